The molecule has 5 rings (SSSR count). The number of nitrogens with one attached hydrogen (secondary N) is 1. The number of nitrogens with zero attached hydrogens (tertiary/aromatic N) is 6. The van der Waals surface area contributed by atoms with Gasteiger partial charge in [0.1, 0.15) is 22.7 Å². The van der Waals surface area contributed by atoms with E-state index < -0.39 is 0 Å². The van der Waals surface area contributed by atoms with E-state index >= 15 is 0 Å². The van der Waals surface area contributed by atoms with Gasteiger partial charge in [-0.2, -0.15) is 4.98 Å². The number of hydrogen-bond donors (Lipinski definition) is 1. The van der Waals surface area contributed by atoms with Crippen LogP contribution in [0.25, 0.3) is 22.1 Å². The lowest BCUT2D eigenvalue weighted by Crippen LogP contribution is -2.10. The monoisotopic (exact) mass is 371 g/mol. The predicted octanol–water partition coefficient (Wildman–Crippen LogP) is 3.03. The van der Waals surface area contributed by atoms with Gasteiger partial charge in [-0.15, -0.1) is 5.10 Å². The Hall–Kier alpha value is -3.81. The van der Waals surface area contributed by atoms with E-state index in [-0.39, 0.29) is 0 Å². The van der Waals surface area contributed by atoms with Crippen molar-refractivity contribution in [3.63, 3.8) is 0 Å². The maximum absolute atomic E-state index is 5.82. The summed E-state index contributed by atoms with van der Waals surface area (Å²) in [6, 6.07) is 17.4. The quantitative estimate of drug-likeness (QED) is 0.510. The molecule has 0 saturated carbocycles. The maximum Gasteiger partial charge on any atom is 0.252 e. The zero-order valence-corrected chi connectivity index (χ0v) is 15.2. The zero-order valence-electron chi connectivity index (χ0n) is 15.2. The molecule has 3 heterocycles. The van der Waals surface area contributed by atoms with E-state index in [1.54, 1.807) is 0 Å². The van der Waals surface area contributed by atoms with E-state index in [1.807, 2.05) is 61.5 Å². The molecule has 0 amide bonds. The lowest BCUT2D eigenvalue weighted by Gasteiger charge is -2.07. The molecule has 0 saturated heterocycles. The summed E-state index contributed by atoms with van der Waals surface area (Å²) in [5.41, 5.74) is 4.44. The van der Waals surface area contributed by atoms with Crippen molar-refractivity contribution in [2.75, 3.05) is 0 Å². The number of aromatic amines is 1. The minimum Gasteiger partial charge on any atom is -0.342 e. The summed E-state index contributed by atoms with van der Waals surface area (Å²) < 4.78 is 0. The van der Waals surface area contributed by atoms with Crippen molar-refractivity contribution in [1.82, 2.24) is 35.1 Å². The highest BCUT2D eigenvalue weighted by atomic mass is 16.7. The van der Waals surface area contributed by atoms with Crippen molar-refractivity contribution in [3.05, 3.63) is 71.9 Å². The molecule has 5 aromatic rings. The van der Waals surface area contributed by atoms with Crippen LogP contribution in [0.4, 0.5) is 0 Å². The van der Waals surface area contributed by atoms with Crippen LogP contribution in [0.5, 0.6) is 5.88 Å². The Labute approximate surface area is 160 Å². The predicted molar refractivity (Wildman–Crippen MR) is 104 cm³/mol. The summed E-state index contributed by atoms with van der Waals surface area (Å²) in [6.45, 7) is 1.84. The van der Waals surface area contributed by atoms with E-state index in [2.05, 4.69) is 30.2 Å². The highest BCUT2D eigenvalue weighted by Crippen LogP contribution is 2.16. The molecule has 0 aliphatic heterocycles. The van der Waals surface area contributed by atoms with Crippen molar-refractivity contribution in [2.24, 2.45) is 0 Å². The number of aryl methyl sites for hydroxylation is 3. The van der Waals surface area contributed by atoms with E-state index in [9.17, 15) is 0 Å². The van der Waals surface area contributed by atoms with E-state index in [4.69, 9.17) is 4.84 Å². The first-order chi connectivity index (χ1) is 13.7. The van der Waals surface area contributed by atoms with Crippen LogP contribution >= 0.6 is 0 Å². The number of hydrogen-bond acceptors (Lipinski definition) is 6. The third-order valence-electron chi connectivity index (χ3n) is 4.43. The first-order valence-electron chi connectivity index (χ1n) is 9.01. The maximum atomic E-state index is 5.82. The molecule has 0 bridgehead atoms. The number of imidazole rings is 1. The van der Waals surface area contributed by atoms with Crippen LogP contribution in [0.3, 0.4) is 0 Å². The number of rotatable bonds is 5. The Morgan fingerprint density at radius 1 is 0.929 bits per heavy atom. The molecule has 138 valence electrons. The Bertz CT molecular complexity index is 1240. The lowest BCUT2D eigenvalue weighted by molar-refractivity contribution is 0.175. The van der Waals surface area contributed by atoms with Crippen LogP contribution < -0.4 is 4.84 Å². The van der Waals surface area contributed by atoms with Gasteiger partial charge in [-0.1, -0.05) is 29.1 Å². The van der Waals surface area contributed by atoms with Crippen LogP contribution in [0.2, 0.25) is 0 Å². The van der Waals surface area contributed by atoms with Gasteiger partial charge in [0.2, 0.25) is 0 Å². The van der Waals surface area contributed by atoms with Crippen LogP contribution in [0, 0.1) is 6.92 Å². The summed E-state index contributed by atoms with van der Waals surface area (Å²) in [5, 5.41) is 8.13. The third-order valence-corrected chi connectivity index (χ3v) is 4.43. The standard InChI is InChI=1S/C20H17N7O/c1-13-21-14(10-11-19-23-15-6-2-3-7-16(15)24-19)12-20(22-13)28-27-18-9-5-4-8-17(18)25-26-27/h2-9,12H,10-11H2,1H3,(H,23,24). The van der Waals surface area contributed by atoms with Gasteiger partial charge in [-0.05, 0) is 42.8 Å². The highest BCUT2D eigenvalue weighted by Gasteiger charge is 2.10. The zero-order chi connectivity index (χ0) is 18.9. The number of para-hydroxylation sites is 3. The molecule has 0 spiro atoms. The molecule has 8 heteroatoms. The normalized spacial score (nSPS) is 11.3. The van der Waals surface area contributed by atoms with E-state index in [0.29, 0.717) is 11.7 Å². The van der Waals surface area contributed by atoms with Gasteiger partial charge in [0.25, 0.3) is 5.88 Å². The van der Waals surface area contributed by atoms with Crippen molar-refractivity contribution in [3.8, 4) is 5.88 Å². The summed E-state index contributed by atoms with van der Waals surface area (Å²) in [6.07, 6.45) is 1.47. The number of benzene rings is 2. The molecule has 0 unspecified atom stereocenters. The average molecular weight is 371 g/mol. The molecule has 3 aromatic heterocycles. The molecule has 0 radical (unpaired) electrons. The van der Waals surface area contributed by atoms with Crippen molar-refractivity contribution in [2.45, 2.75) is 19.8 Å². The van der Waals surface area contributed by atoms with Gasteiger partial charge in [-0.25, -0.2) is 9.97 Å². The number of fused-ring (bicyclic) bond motifs is 2. The summed E-state index contributed by atoms with van der Waals surface area (Å²) in [7, 11) is 0. The second kappa shape index (κ2) is 6.73. The second-order valence-corrected chi connectivity index (χ2v) is 6.49. The molecule has 2 aromatic carbocycles. The van der Waals surface area contributed by atoms with Gasteiger partial charge in [0.05, 0.1) is 11.0 Å². The topological polar surface area (TPSA) is 94.4 Å². The van der Waals surface area contributed by atoms with Crippen LogP contribution in [-0.2, 0) is 12.8 Å². The van der Waals surface area contributed by atoms with Gasteiger partial charge >= 0.3 is 0 Å². The molecular formula is C20H17N7O. The van der Waals surface area contributed by atoms with Crippen LogP contribution in [0.1, 0.15) is 17.3 Å². The largest absolute Gasteiger partial charge is 0.342 e. The Morgan fingerprint density at radius 3 is 2.64 bits per heavy atom. The van der Waals surface area contributed by atoms with Gasteiger partial charge in [-0.3, -0.25) is 0 Å². The molecule has 0 aliphatic rings. The number of H-pyrrole nitrogens is 1. The minimum absolute atomic E-state index is 0.433. The molecule has 0 fully saturated rings. The Morgan fingerprint density at radius 2 is 1.75 bits per heavy atom. The van der Waals surface area contributed by atoms with E-state index in [0.717, 1.165) is 46.4 Å². The van der Waals surface area contributed by atoms with Gasteiger partial charge in [0, 0.05) is 18.2 Å². The molecule has 1 N–H and O–H groups in total. The fourth-order valence-corrected chi connectivity index (χ4v) is 3.15. The Balaban J connectivity index is 1.36. The Kier molecular flexibility index (Phi) is 3.93. The van der Waals surface area contributed by atoms with E-state index in [1.165, 1.54) is 4.85 Å². The van der Waals surface area contributed by atoms with Gasteiger partial charge < -0.3 is 9.82 Å². The smallest absolute Gasteiger partial charge is 0.252 e. The third kappa shape index (κ3) is 3.16. The van der Waals surface area contributed by atoms with Crippen molar-refractivity contribution >= 4 is 22.1 Å². The molecule has 28 heavy (non-hydrogen) atoms. The minimum atomic E-state index is 0.433. The van der Waals surface area contributed by atoms with Crippen LogP contribution in [0.15, 0.2) is 54.6 Å². The van der Waals surface area contributed by atoms with Crippen LogP contribution in [-0.4, -0.2) is 35.1 Å². The first kappa shape index (κ1) is 16.4. The SMILES string of the molecule is Cc1nc(CCc2nc3ccccc3[nH]2)cc(On2nnc3ccccc32)n1. The second-order valence-electron chi connectivity index (χ2n) is 6.49. The number of aromatic nitrogens is 7. The summed E-state index contributed by atoms with van der Waals surface area (Å²) >= 11 is 0. The molecule has 0 atom stereocenters. The highest BCUT2D eigenvalue weighted by molar-refractivity contribution is 5.74. The summed E-state index contributed by atoms with van der Waals surface area (Å²) in [5.74, 6) is 2.01. The van der Waals surface area contributed by atoms with Crippen molar-refractivity contribution in [1.29, 1.82) is 0 Å². The fourth-order valence-electron chi connectivity index (χ4n) is 3.15. The molecule has 0 aliphatic carbocycles. The molecule has 8 nitrogen and oxygen atoms in total. The first-order valence-corrected chi connectivity index (χ1v) is 9.01. The lowest BCUT2D eigenvalue weighted by atomic mass is 10.2. The van der Waals surface area contributed by atoms with Gasteiger partial charge in [0.15, 0.2) is 0 Å². The fraction of sp³-hybridized carbons (Fsp3) is 0.150. The average Bonchev–Trinajstić information content (AvgIpc) is 3.30. The van der Waals surface area contributed by atoms with Crippen molar-refractivity contribution < 1.29 is 4.84 Å². The molecular weight excluding hydrogens is 354 g/mol. The summed E-state index contributed by atoms with van der Waals surface area (Å²) in [4.78, 5) is 24.0.